The van der Waals surface area contributed by atoms with E-state index in [0.717, 1.165) is 23.3 Å². The molecule has 2 heteroatoms. The van der Waals surface area contributed by atoms with E-state index >= 15 is 0 Å². The van der Waals surface area contributed by atoms with E-state index in [-0.39, 0.29) is 11.7 Å². The van der Waals surface area contributed by atoms with Crippen LogP contribution in [0.4, 0.5) is 0 Å². The van der Waals surface area contributed by atoms with Crippen molar-refractivity contribution >= 4 is 5.78 Å². The molecule has 1 aliphatic carbocycles. The maximum absolute atomic E-state index is 11.5. The number of methoxy groups -OCH3 is 1. The van der Waals surface area contributed by atoms with Gasteiger partial charge < -0.3 is 4.74 Å². The van der Waals surface area contributed by atoms with Crippen LogP contribution in [0.1, 0.15) is 26.7 Å². The molecule has 0 radical (unpaired) electrons. The molecule has 0 saturated carbocycles. The lowest BCUT2D eigenvalue weighted by atomic mass is 9.84. The zero-order valence-corrected chi connectivity index (χ0v) is 8.52. The molecule has 2 nitrogen and oxygen atoms in total. The molecule has 0 heterocycles. The summed E-state index contributed by atoms with van der Waals surface area (Å²) in [6, 6.07) is 0. The van der Waals surface area contributed by atoms with Gasteiger partial charge in [0.15, 0.2) is 5.78 Å². The molecule has 1 rings (SSSR count). The molecule has 72 valence electrons. The van der Waals surface area contributed by atoms with Crippen LogP contribution in [0.25, 0.3) is 0 Å². The van der Waals surface area contributed by atoms with E-state index in [1.165, 1.54) is 0 Å². The number of ketones is 1. The summed E-state index contributed by atoms with van der Waals surface area (Å²) in [6.07, 6.45) is 1.41. The van der Waals surface area contributed by atoms with Crippen molar-refractivity contribution in [1.29, 1.82) is 0 Å². The first kappa shape index (κ1) is 10.0. The highest BCUT2D eigenvalue weighted by Gasteiger charge is 2.25. The summed E-state index contributed by atoms with van der Waals surface area (Å²) in [5.74, 6) is 1.28. The Bertz CT molecular complexity index is 274. The van der Waals surface area contributed by atoms with Crippen LogP contribution < -0.4 is 0 Å². The van der Waals surface area contributed by atoms with Gasteiger partial charge in [-0.05, 0) is 19.8 Å². The fraction of sp³-hybridized carbons (Fsp3) is 0.545. The third-order valence-electron chi connectivity index (χ3n) is 2.64. The number of hydrogen-bond acceptors (Lipinski definition) is 2. The number of ether oxygens (including phenoxy) is 1. The number of carbonyl (C=O) groups excluding carboxylic acids is 1. The molecule has 0 aromatic carbocycles. The Morgan fingerprint density at radius 2 is 2.15 bits per heavy atom. The molecule has 0 amide bonds. The molecule has 1 atom stereocenters. The third-order valence-corrected chi connectivity index (χ3v) is 2.64. The Kier molecular flexibility index (Phi) is 2.91. The Labute approximate surface area is 79.3 Å². The molecule has 0 aliphatic heterocycles. The average Bonchev–Trinajstić information content (AvgIpc) is 2.09. The monoisotopic (exact) mass is 180 g/mol. The van der Waals surface area contributed by atoms with Gasteiger partial charge in [0, 0.05) is 18.4 Å². The number of hydrogen-bond donors (Lipinski definition) is 0. The molecular formula is C11H16O2. The van der Waals surface area contributed by atoms with E-state index in [1.807, 2.05) is 13.8 Å². The first-order chi connectivity index (χ1) is 6.06. The first-order valence-electron chi connectivity index (χ1n) is 4.48. The van der Waals surface area contributed by atoms with Gasteiger partial charge in [-0.3, -0.25) is 4.79 Å². The van der Waals surface area contributed by atoms with Gasteiger partial charge in [0.1, 0.15) is 5.76 Å². The third kappa shape index (κ3) is 2.00. The molecule has 0 aromatic rings. The van der Waals surface area contributed by atoms with Gasteiger partial charge in [-0.1, -0.05) is 12.2 Å². The standard InChI is InChI=1S/C11H16O2/c1-7(2)9-5-10(12)8(3)11(6-9)13-4/h9H,1,5-6H2,2-4H3. The highest BCUT2D eigenvalue weighted by atomic mass is 16.5. The molecule has 0 aromatic heterocycles. The molecule has 13 heavy (non-hydrogen) atoms. The van der Waals surface area contributed by atoms with Crippen molar-refractivity contribution in [2.75, 3.05) is 7.11 Å². The predicted molar refractivity (Wildman–Crippen MR) is 52.3 cm³/mol. The Balaban J connectivity index is 2.88. The summed E-state index contributed by atoms with van der Waals surface area (Å²) in [7, 11) is 1.62. The minimum atomic E-state index is 0.191. The molecule has 0 bridgehead atoms. The molecule has 0 N–H and O–H groups in total. The summed E-state index contributed by atoms with van der Waals surface area (Å²) in [5, 5.41) is 0. The van der Waals surface area contributed by atoms with E-state index < -0.39 is 0 Å². The van der Waals surface area contributed by atoms with Gasteiger partial charge >= 0.3 is 0 Å². The summed E-state index contributed by atoms with van der Waals surface area (Å²) < 4.78 is 5.17. The van der Waals surface area contributed by atoms with Gasteiger partial charge in [-0.2, -0.15) is 0 Å². The topological polar surface area (TPSA) is 26.3 Å². The van der Waals surface area contributed by atoms with Crippen molar-refractivity contribution < 1.29 is 9.53 Å². The normalized spacial score (nSPS) is 23.3. The second-order valence-electron chi connectivity index (χ2n) is 3.63. The van der Waals surface area contributed by atoms with E-state index in [0.29, 0.717) is 6.42 Å². The lowest BCUT2D eigenvalue weighted by molar-refractivity contribution is -0.117. The quantitative estimate of drug-likeness (QED) is 0.610. The zero-order valence-electron chi connectivity index (χ0n) is 8.52. The van der Waals surface area contributed by atoms with Gasteiger partial charge in [0.25, 0.3) is 0 Å². The van der Waals surface area contributed by atoms with Crippen LogP contribution in [-0.2, 0) is 9.53 Å². The average molecular weight is 180 g/mol. The molecule has 1 unspecified atom stereocenters. The van der Waals surface area contributed by atoms with Crippen LogP contribution in [0.2, 0.25) is 0 Å². The predicted octanol–water partition coefficient (Wildman–Crippen LogP) is 2.46. The maximum atomic E-state index is 11.5. The van der Waals surface area contributed by atoms with Crippen LogP contribution in [0, 0.1) is 5.92 Å². The van der Waals surface area contributed by atoms with Crippen molar-refractivity contribution in [3.63, 3.8) is 0 Å². The lowest BCUT2D eigenvalue weighted by Crippen LogP contribution is -2.19. The second-order valence-corrected chi connectivity index (χ2v) is 3.63. The summed E-state index contributed by atoms with van der Waals surface area (Å²) in [4.78, 5) is 11.5. The van der Waals surface area contributed by atoms with Crippen molar-refractivity contribution in [2.24, 2.45) is 5.92 Å². The van der Waals surface area contributed by atoms with Crippen LogP contribution in [-0.4, -0.2) is 12.9 Å². The highest BCUT2D eigenvalue weighted by Crippen LogP contribution is 2.30. The fourth-order valence-corrected chi connectivity index (χ4v) is 1.57. The van der Waals surface area contributed by atoms with E-state index in [4.69, 9.17) is 4.74 Å². The van der Waals surface area contributed by atoms with Crippen molar-refractivity contribution in [3.8, 4) is 0 Å². The van der Waals surface area contributed by atoms with Gasteiger partial charge in [0.2, 0.25) is 0 Å². The zero-order chi connectivity index (χ0) is 10.0. The van der Waals surface area contributed by atoms with Gasteiger partial charge in [-0.25, -0.2) is 0 Å². The largest absolute Gasteiger partial charge is 0.501 e. The van der Waals surface area contributed by atoms with E-state index in [2.05, 4.69) is 6.58 Å². The first-order valence-corrected chi connectivity index (χ1v) is 4.48. The van der Waals surface area contributed by atoms with Gasteiger partial charge in [-0.15, -0.1) is 0 Å². The minimum absolute atomic E-state index is 0.191. The number of allylic oxidation sites excluding steroid dienone is 3. The number of Topliss-reactive ketones (excluding diaryl/α,β-unsaturated/α-hetero) is 1. The summed E-state index contributed by atoms with van der Waals surface area (Å²) >= 11 is 0. The van der Waals surface area contributed by atoms with E-state index in [1.54, 1.807) is 7.11 Å². The Hall–Kier alpha value is -1.05. The second kappa shape index (κ2) is 3.77. The van der Waals surface area contributed by atoms with Crippen molar-refractivity contribution in [1.82, 2.24) is 0 Å². The smallest absolute Gasteiger partial charge is 0.162 e. The molecule has 0 fully saturated rings. The molecule has 0 spiro atoms. The lowest BCUT2D eigenvalue weighted by Gasteiger charge is -2.24. The molecule has 0 saturated heterocycles. The Morgan fingerprint density at radius 3 is 2.62 bits per heavy atom. The fourth-order valence-electron chi connectivity index (χ4n) is 1.57. The van der Waals surface area contributed by atoms with Crippen molar-refractivity contribution in [2.45, 2.75) is 26.7 Å². The van der Waals surface area contributed by atoms with E-state index in [9.17, 15) is 4.79 Å². The maximum Gasteiger partial charge on any atom is 0.162 e. The van der Waals surface area contributed by atoms with Crippen LogP contribution in [0.15, 0.2) is 23.5 Å². The summed E-state index contributed by atoms with van der Waals surface area (Å²) in [5.41, 5.74) is 1.84. The van der Waals surface area contributed by atoms with Crippen molar-refractivity contribution in [3.05, 3.63) is 23.5 Å². The molecular weight excluding hydrogens is 164 g/mol. The van der Waals surface area contributed by atoms with Gasteiger partial charge in [0.05, 0.1) is 7.11 Å². The summed E-state index contributed by atoms with van der Waals surface area (Å²) in [6.45, 7) is 7.67. The minimum Gasteiger partial charge on any atom is -0.501 e. The number of rotatable bonds is 2. The SMILES string of the molecule is C=C(C)C1CC(=O)C(C)=C(OC)C1. The van der Waals surface area contributed by atoms with Crippen LogP contribution >= 0.6 is 0 Å². The highest BCUT2D eigenvalue weighted by molar-refractivity contribution is 5.96. The number of carbonyl (C=O) groups is 1. The Morgan fingerprint density at radius 1 is 1.54 bits per heavy atom. The molecule has 1 aliphatic rings. The van der Waals surface area contributed by atoms with Crippen LogP contribution in [0.3, 0.4) is 0 Å². The van der Waals surface area contributed by atoms with Crippen LogP contribution in [0.5, 0.6) is 0 Å².